The summed E-state index contributed by atoms with van der Waals surface area (Å²) in [5.41, 5.74) is 7.61. The van der Waals surface area contributed by atoms with Crippen molar-refractivity contribution in [3.05, 3.63) is 58.9 Å². The highest BCUT2D eigenvalue weighted by atomic mass is 35.5. The van der Waals surface area contributed by atoms with Gasteiger partial charge in [-0.3, -0.25) is 20.6 Å². The molecule has 92 valence electrons. The summed E-state index contributed by atoms with van der Waals surface area (Å²) in [6, 6.07) is 8.72. The first-order chi connectivity index (χ1) is 8.66. The highest BCUT2D eigenvalue weighted by Gasteiger charge is 2.07. The predicted molar refractivity (Wildman–Crippen MR) is 71.5 cm³/mol. The zero-order valence-corrected chi connectivity index (χ0v) is 10.5. The number of anilines is 1. The Morgan fingerprint density at radius 3 is 2.61 bits per heavy atom. The zero-order chi connectivity index (χ0) is 13.0. The van der Waals surface area contributed by atoms with Gasteiger partial charge in [0.05, 0.1) is 5.69 Å². The summed E-state index contributed by atoms with van der Waals surface area (Å²) in [7, 11) is 0. The second-order valence-corrected chi connectivity index (χ2v) is 4.21. The molecule has 1 heterocycles. The number of pyridine rings is 1. The number of nitrogens with one attached hydrogen (secondary N) is 2. The molecular weight excluding hydrogens is 250 g/mol. The van der Waals surface area contributed by atoms with E-state index in [1.807, 2.05) is 6.92 Å². The summed E-state index contributed by atoms with van der Waals surface area (Å²) < 4.78 is 0. The third kappa shape index (κ3) is 2.99. The van der Waals surface area contributed by atoms with Crippen molar-refractivity contribution in [2.24, 2.45) is 0 Å². The van der Waals surface area contributed by atoms with Gasteiger partial charge in [0, 0.05) is 23.0 Å². The lowest BCUT2D eigenvalue weighted by Crippen LogP contribution is -2.29. The number of aromatic nitrogens is 1. The fraction of sp³-hybridized carbons (Fsp3) is 0.0769. The zero-order valence-electron chi connectivity index (χ0n) is 9.77. The molecule has 0 aliphatic rings. The lowest BCUT2D eigenvalue weighted by atomic mass is 10.1. The van der Waals surface area contributed by atoms with E-state index in [1.165, 1.54) is 0 Å². The molecule has 1 aromatic carbocycles. The topological polar surface area (TPSA) is 54.0 Å². The predicted octanol–water partition coefficient (Wildman–Crippen LogP) is 2.80. The molecule has 5 heteroatoms. The monoisotopic (exact) mass is 261 g/mol. The molecule has 0 bridgehead atoms. The van der Waals surface area contributed by atoms with Crippen LogP contribution >= 0.6 is 11.6 Å². The first-order valence-corrected chi connectivity index (χ1v) is 5.77. The quantitative estimate of drug-likeness (QED) is 0.836. The first kappa shape index (κ1) is 12.4. The number of hydrogen-bond acceptors (Lipinski definition) is 3. The fourth-order valence-corrected chi connectivity index (χ4v) is 1.58. The Balaban J connectivity index is 2.01. The summed E-state index contributed by atoms with van der Waals surface area (Å²) >= 11 is 5.77. The standard InChI is InChI=1S/C13H12ClN3O/c1-9-8-15-7-6-12(9)13(18)17-16-11-4-2-10(14)3-5-11/h2-8,16H,1H3,(H,17,18). The number of hydrazine groups is 1. The Labute approximate surface area is 110 Å². The summed E-state index contributed by atoms with van der Waals surface area (Å²) in [4.78, 5) is 15.8. The van der Waals surface area contributed by atoms with Gasteiger partial charge in [-0.1, -0.05) is 11.6 Å². The largest absolute Gasteiger partial charge is 0.298 e. The van der Waals surface area contributed by atoms with E-state index in [0.717, 1.165) is 11.3 Å². The highest BCUT2D eigenvalue weighted by molar-refractivity contribution is 6.30. The number of carbonyl (C=O) groups is 1. The van der Waals surface area contributed by atoms with Gasteiger partial charge in [0.1, 0.15) is 0 Å². The molecule has 18 heavy (non-hydrogen) atoms. The van der Waals surface area contributed by atoms with Crippen molar-refractivity contribution in [1.82, 2.24) is 10.4 Å². The Kier molecular flexibility index (Phi) is 3.79. The van der Waals surface area contributed by atoms with E-state index in [9.17, 15) is 4.79 Å². The number of nitrogens with zero attached hydrogens (tertiary/aromatic N) is 1. The Hall–Kier alpha value is -2.07. The van der Waals surface area contributed by atoms with E-state index in [0.29, 0.717) is 10.6 Å². The van der Waals surface area contributed by atoms with Crippen molar-refractivity contribution < 1.29 is 4.79 Å². The van der Waals surface area contributed by atoms with Crippen LogP contribution in [0.25, 0.3) is 0 Å². The molecule has 0 spiro atoms. The van der Waals surface area contributed by atoms with Crippen molar-refractivity contribution in [3.8, 4) is 0 Å². The van der Waals surface area contributed by atoms with Crippen molar-refractivity contribution in [2.75, 3.05) is 5.43 Å². The Morgan fingerprint density at radius 2 is 1.94 bits per heavy atom. The van der Waals surface area contributed by atoms with Gasteiger partial charge in [0.15, 0.2) is 0 Å². The Morgan fingerprint density at radius 1 is 1.22 bits per heavy atom. The molecule has 0 radical (unpaired) electrons. The fourth-order valence-electron chi connectivity index (χ4n) is 1.46. The molecule has 0 aliphatic carbocycles. The molecule has 0 fully saturated rings. The summed E-state index contributed by atoms with van der Waals surface area (Å²) in [5, 5.41) is 0.650. The van der Waals surface area contributed by atoms with Gasteiger partial charge in [-0.05, 0) is 42.8 Å². The van der Waals surface area contributed by atoms with Crippen molar-refractivity contribution >= 4 is 23.2 Å². The van der Waals surface area contributed by atoms with Crippen LogP contribution in [0, 0.1) is 6.92 Å². The maximum Gasteiger partial charge on any atom is 0.269 e. The van der Waals surface area contributed by atoms with Crippen LogP contribution in [0.1, 0.15) is 15.9 Å². The molecule has 0 aliphatic heterocycles. The van der Waals surface area contributed by atoms with E-state index < -0.39 is 0 Å². The molecule has 1 aromatic heterocycles. The van der Waals surface area contributed by atoms with Gasteiger partial charge in [-0.15, -0.1) is 0 Å². The van der Waals surface area contributed by atoms with E-state index in [4.69, 9.17) is 11.6 Å². The van der Waals surface area contributed by atoms with Gasteiger partial charge >= 0.3 is 0 Å². The number of aryl methyl sites for hydroxylation is 1. The van der Waals surface area contributed by atoms with Gasteiger partial charge in [-0.2, -0.15) is 0 Å². The van der Waals surface area contributed by atoms with E-state index in [-0.39, 0.29) is 5.91 Å². The molecule has 2 aromatic rings. The average Bonchev–Trinajstić information content (AvgIpc) is 2.38. The number of amides is 1. The third-order valence-corrected chi connectivity index (χ3v) is 2.68. The Bertz CT molecular complexity index is 554. The number of benzene rings is 1. The molecule has 0 saturated heterocycles. The number of halogens is 1. The van der Waals surface area contributed by atoms with Crippen LogP contribution < -0.4 is 10.9 Å². The molecule has 4 nitrogen and oxygen atoms in total. The molecule has 0 atom stereocenters. The minimum Gasteiger partial charge on any atom is -0.298 e. The second kappa shape index (κ2) is 5.51. The third-order valence-electron chi connectivity index (χ3n) is 2.43. The van der Waals surface area contributed by atoms with Crippen LogP contribution in [0.3, 0.4) is 0 Å². The van der Waals surface area contributed by atoms with Gasteiger partial charge in [0.25, 0.3) is 5.91 Å². The first-order valence-electron chi connectivity index (χ1n) is 5.39. The lowest BCUT2D eigenvalue weighted by Gasteiger charge is -2.09. The molecule has 0 saturated carbocycles. The van der Waals surface area contributed by atoms with Crippen molar-refractivity contribution in [3.63, 3.8) is 0 Å². The molecule has 0 unspecified atom stereocenters. The van der Waals surface area contributed by atoms with Gasteiger partial charge in [0.2, 0.25) is 0 Å². The SMILES string of the molecule is Cc1cnccc1C(=O)NNc1ccc(Cl)cc1. The molecule has 2 N–H and O–H groups in total. The number of rotatable bonds is 3. The molecular formula is C13H12ClN3O. The smallest absolute Gasteiger partial charge is 0.269 e. The van der Waals surface area contributed by atoms with E-state index in [1.54, 1.807) is 42.7 Å². The van der Waals surface area contributed by atoms with Gasteiger partial charge in [-0.25, -0.2) is 0 Å². The number of hydrogen-bond donors (Lipinski definition) is 2. The minimum atomic E-state index is -0.204. The number of carbonyl (C=O) groups excluding carboxylic acids is 1. The van der Waals surface area contributed by atoms with Crippen LogP contribution in [-0.4, -0.2) is 10.9 Å². The highest BCUT2D eigenvalue weighted by Crippen LogP contribution is 2.12. The van der Waals surface area contributed by atoms with Crippen molar-refractivity contribution in [1.29, 1.82) is 0 Å². The summed E-state index contributed by atoms with van der Waals surface area (Å²) in [6.45, 7) is 1.84. The molecule has 2 rings (SSSR count). The normalized spacial score (nSPS) is 9.89. The van der Waals surface area contributed by atoms with Crippen LogP contribution in [0.2, 0.25) is 5.02 Å². The van der Waals surface area contributed by atoms with Crippen LogP contribution in [0.5, 0.6) is 0 Å². The van der Waals surface area contributed by atoms with Crippen LogP contribution in [0.4, 0.5) is 5.69 Å². The average molecular weight is 262 g/mol. The molecule has 1 amide bonds. The van der Waals surface area contributed by atoms with Crippen LogP contribution in [-0.2, 0) is 0 Å². The summed E-state index contributed by atoms with van der Waals surface area (Å²) in [5.74, 6) is -0.204. The maximum absolute atomic E-state index is 11.9. The van der Waals surface area contributed by atoms with E-state index in [2.05, 4.69) is 15.8 Å². The lowest BCUT2D eigenvalue weighted by molar-refractivity contribution is 0.0962. The van der Waals surface area contributed by atoms with E-state index >= 15 is 0 Å². The van der Waals surface area contributed by atoms with Gasteiger partial charge < -0.3 is 0 Å². The second-order valence-electron chi connectivity index (χ2n) is 3.78. The maximum atomic E-state index is 11.9. The summed E-state index contributed by atoms with van der Waals surface area (Å²) in [6.07, 6.45) is 3.24. The van der Waals surface area contributed by atoms with Crippen LogP contribution in [0.15, 0.2) is 42.7 Å². The van der Waals surface area contributed by atoms with Crippen molar-refractivity contribution in [2.45, 2.75) is 6.92 Å². The minimum absolute atomic E-state index is 0.204.